The number of hydrogen-bond acceptors (Lipinski definition) is 3. The number of aliphatic hydroxyl groups excluding tert-OH is 1. The standard InChI is InChI=1S/C6H14N2O/c1-5-2-6(9)4-8(7)3-5/h5-6,9H,2-4,7H2,1H3/t5-,6+/m0/s1. The summed E-state index contributed by atoms with van der Waals surface area (Å²) in [7, 11) is 0. The van der Waals surface area contributed by atoms with Crippen molar-refractivity contribution in [3.63, 3.8) is 0 Å². The second-order valence-corrected chi connectivity index (χ2v) is 2.95. The number of hydrazine groups is 1. The van der Waals surface area contributed by atoms with Crippen LogP contribution >= 0.6 is 0 Å². The molecule has 0 aromatic carbocycles. The van der Waals surface area contributed by atoms with E-state index in [0.29, 0.717) is 12.5 Å². The van der Waals surface area contributed by atoms with E-state index < -0.39 is 0 Å². The summed E-state index contributed by atoms with van der Waals surface area (Å²) >= 11 is 0. The van der Waals surface area contributed by atoms with Gasteiger partial charge in [-0.05, 0) is 12.3 Å². The van der Waals surface area contributed by atoms with Crippen molar-refractivity contribution in [3.8, 4) is 0 Å². The fourth-order valence-corrected chi connectivity index (χ4v) is 1.36. The van der Waals surface area contributed by atoms with Crippen LogP contribution in [0.15, 0.2) is 0 Å². The summed E-state index contributed by atoms with van der Waals surface area (Å²) in [4.78, 5) is 0. The van der Waals surface area contributed by atoms with Crippen molar-refractivity contribution in [1.29, 1.82) is 0 Å². The molecular formula is C6H14N2O. The smallest absolute Gasteiger partial charge is 0.0684 e. The van der Waals surface area contributed by atoms with Gasteiger partial charge in [-0.25, -0.2) is 5.01 Å². The highest BCUT2D eigenvalue weighted by atomic mass is 16.3. The minimum atomic E-state index is -0.209. The lowest BCUT2D eigenvalue weighted by atomic mass is 9.99. The van der Waals surface area contributed by atoms with Gasteiger partial charge in [-0.2, -0.15) is 0 Å². The van der Waals surface area contributed by atoms with E-state index in [1.165, 1.54) is 0 Å². The molecule has 0 saturated carbocycles. The summed E-state index contributed by atoms with van der Waals surface area (Å²) in [5.41, 5.74) is 0. The average molecular weight is 130 g/mol. The van der Waals surface area contributed by atoms with Crippen molar-refractivity contribution < 1.29 is 5.11 Å². The van der Waals surface area contributed by atoms with E-state index in [1.54, 1.807) is 5.01 Å². The van der Waals surface area contributed by atoms with Crippen molar-refractivity contribution >= 4 is 0 Å². The Kier molecular flexibility index (Phi) is 2.05. The third-order valence-electron chi connectivity index (χ3n) is 1.67. The van der Waals surface area contributed by atoms with Crippen molar-refractivity contribution in [2.75, 3.05) is 13.1 Å². The molecule has 1 heterocycles. The molecule has 9 heavy (non-hydrogen) atoms. The van der Waals surface area contributed by atoms with Crippen LogP contribution in [0.2, 0.25) is 0 Å². The van der Waals surface area contributed by atoms with Gasteiger partial charge in [-0.3, -0.25) is 5.84 Å². The van der Waals surface area contributed by atoms with Crippen LogP contribution < -0.4 is 5.84 Å². The summed E-state index contributed by atoms with van der Waals surface area (Å²) in [5.74, 6) is 6.03. The molecule has 0 aliphatic carbocycles. The fraction of sp³-hybridized carbons (Fsp3) is 1.00. The van der Waals surface area contributed by atoms with Crippen molar-refractivity contribution in [3.05, 3.63) is 0 Å². The molecule has 1 fully saturated rings. The first-order chi connectivity index (χ1) is 4.18. The topological polar surface area (TPSA) is 49.5 Å². The predicted octanol–water partition coefficient (Wildman–Crippen LogP) is -0.437. The lowest BCUT2D eigenvalue weighted by Crippen LogP contribution is -2.46. The van der Waals surface area contributed by atoms with Crippen LogP contribution in [0.3, 0.4) is 0 Å². The zero-order chi connectivity index (χ0) is 6.85. The highest BCUT2D eigenvalue weighted by Gasteiger charge is 2.20. The number of nitrogens with two attached hydrogens (primary N) is 1. The maximum Gasteiger partial charge on any atom is 0.0684 e. The normalized spacial score (nSPS) is 39.0. The first-order valence-corrected chi connectivity index (χ1v) is 3.36. The molecule has 1 aliphatic heterocycles. The Morgan fingerprint density at radius 1 is 1.56 bits per heavy atom. The number of nitrogens with zero attached hydrogens (tertiary/aromatic N) is 1. The van der Waals surface area contributed by atoms with E-state index in [-0.39, 0.29) is 6.10 Å². The number of hydrogen-bond donors (Lipinski definition) is 2. The van der Waals surface area contributed by atoms with Gasteiger partial charge in [0.25, 0.3) is 0 Å². The third kappa shape index (κ3) is 1.93. The molecule has 1 saturated heterocycles. The Hall–Kier alpha value is -0.120. The van der Waals surface area contributed by atoms with Crippen LogP contribution in [0.1, 0.15) is 13.3 Å². The molecule has 0 bridgehead atoms. The number of piperidine rings is 1. The molecule has 0 aromatic rings. The molecule has 0 unspecified atom stereocenters. The molecule has 1 aliphatic rings. The molecule has 3 heteroatoms. The summed E-state index contributed by atoms with van der Waals surface area (Å²) in [5, 5.41) is 10.8. The molecule has 0 aromatic heterocycles. The van der Waals surface area contributed by atoms with Crippen LogP contribution in [0, 0.1) is 5.92 Å². The van der Waals surface area contributed by atoms with Gasteiger partial charge in [-0.15, -0.1) is 0 Å². The summed E-state index contributed by atoms with van der Waals surface area (Å²) in [6.45, 7) is 3.64. The zero-order valence-corrected chi connectivity index (χ0v) is 5.75. The van der Waals surface area contributed by atoms with Gasteiger partial charge in [0.05, 0.1) is 6.10 Å². The maximum atomic E-state index is 9.13. The van der Waals surface area contributed by atoms with Gasteiger partial charge >= 0.3 is 0 Å². The van der Waals surface area contributed by atoms with Crippen LogP contribution in [0.5, 0.6) is 0 Å². The van der Waals surface area contributed by atoms with E-state index in [9.17, 15) is 0 Å². The quantitative estimate of drug-likeness (QED) is 0.437. The Balaban J connectivity index is 2.34. The number of aliphatic hydroxyl groups is 1. The minimum absolute atomic E-state index is 0.209. The number of rotatable bonds is 0. The SMILES string of the molecule is C[C@H]1C[C@@H](O)CN(N)C1. The third-order valence-corrected chi connectivity index (χ3v) is 1.67. The van der Waals surface area contributed by atoms with Gasteiger partial charge in [0.2, 0.25) is 0 Å². The largest absolute Gasteiger partial charge is 0.392 e. The zero-order valence-electron chi connectivity index (χ0n) is 5.75. The molecule has 54 valence electrons. The van der Waals surface area contributed by atoms with Crippen LogP contribution in [0.25, 0.3) is 0 Å². The molecule has 3 nitrogen and oxygen atoms in total. The highest BCUT2D eigenvalue weighted by molar-refractivity contribution is 4.72. The Morgan fingerprint density at radius 2 is 2.22 bits per heavy atom. The molecule has 0 radical (unpaired) electrons. The monoisotopic (exact) mass is 130 g/mol. The van der Waals surface area contributed by atoms with Gasteiger partial charge in [-0.1, -0.05) is 6.92 Å². The molecule has 0 amide bonds. The molecular weight excluding hydrogens is 116 g/mol. The second kappa shape index (κ2) is 2.64. The Bertz CT molecular complexity index is 72.0. The average Bonchev–Trinajstić information content (AvgIpc) is 1.59. The van der Waals surface area contributed by atoms with Crippen molar-refractivity contribution in [2.45, 2.75) is 19.4 Å². The molecule has 2 atom stereocenters. The van der Waals surface area contributed by atoms with Crippen LogP contribution in [-0.4, -0.2) is 29.3 Å². The molecule has 1 rings (SSSR count). The number of β-amino-alcohol motifs (C(OH)–C–C–N with tert-alkyl or cyclic N) is 1. The van der Waals surface area contributed by atoms with Gasteiger partial charge < -0.3 is 5.11 Å². The lowest BCUT2D eigenvalue weighted by molar-refractivity contribution is 0.0448. The highest BCUT2D eigenvalue weighted by Crippen LogP contribution is 2.12. The van der Waals surface area contributed by atoms with Gasteiger partial charge in [0.1, 0.15) is 0 Å². The van der Waals surface area contributed by atoms with E-state index in [1.807, 2.05) is 0 Å². The van der Waals surface area contributed by atoms with Crippen molar-refractivity contribution in [2.24, 2.45) is 11.8 Å². The van der Waals surface area contributed by atoms with E-state index in [4.69, 9.17) is 10.9 Å². The minimum Gasteiger partial charge on any atom is -0.392 e. The predicted molar refractivity (Wildman–Crippen MR) is 35.5 cm³/mol. The maximum absolute atomic E-state index is 9.13. The Labute approximate surface area is 55.4 Å². The summed E-state index contributed by atoms with van der Waals surface area (Å²) in [6.07, 6.45) is 0.687. The van der Waals surface area contributed by atoms with Crippen molar-refractivity contribution in [1.82, 2.24) is 5.01 Å². The van der Waals surface area contributed by atoms with E-state index in [2.05, 4.69) is 6.92 Å². The van der Waals surface area contributed by atoms with Gasteiger partial charge in [0.15, 0.2) is 0 Å². The summed E-state index contributed by atoms with van der Waals surface area (Å²) in [6, 6.07) is 0. The van der Waals surface area contributed by atoms with Gasteiger partial charge in [0, 0.05) is 13.1 Å². The second-order valence-electron chi connectivity index (χ2n) is 2.95. The van der Waals surface area contributed by atoms with Crippen LogP contribution in [0.4, 0.5) is 0 Å². The van der Waals surface area contributed by atoms with E-state index >= 15 is 0 Å². The van der Waals surface area contributed by atoms with E-state index in [0.717, 1.165) is 13.0 Å². The Morgan fingerprint density at radius 3 is 2.67 bits per heavy atom. The fourth-order valence-electron chi connectivity index (χ4n) is 1.36. The summed E-state index contributed by atoms with van der Waals surface area (Å²) < 4.78 is 0. The lowest BCUT2D eigenvalue weighted by Gasteiger charge is -2.30. The van der Waals surface area contributed by atoms with Crippen LogP contribution in [-0.2, 0) is 0 Å². The molecule has 0 spiro atoms. The first-order valence-electron chi connectivity index (χ1n) is 3.36. The first kappa shape index (κ1) is 6.99. The molecule has 3 N–H and O–H groups in total.